The molecule has 2 atom stereocenters. The Morgan fingerprint density at radius 3 is 2.25 bits per heavy atom. The highest BCUT2D eigenvalue weighted by molar-refractivity contribution is 5.31. The fraction of sp³-hybridized carbons (Fsp3) is 0.647. The molecule has 20 heavy (non-hydrogen) atoms. The monoisotopic (exact) mass is 279 g/mol. The van der Waals surface area contributed by atoms with Crippen molar-refractivity contribution < 1.29 is 9.47 Å². The number of likely N-dealkylation sites (N-methyl/N-ethyl adjacent to an activating group) is 1. The van der Waals surface area contributed by atoms with Crippen molar-refractivity contribution in [2.24, 2.45) is 5.41 Å². The van der Waals surface area contributed by atoms with Crippen LogP contribution < -0.4 is 10.1 Å². The number of methoxy groups -OCH3 is 1. The van der Waals surface area contributed by atoms with Gasteiger partial charge in [-0.2, -0.15) is 0 Å². The van der Waals surface area contributed by atoms with Crippen molar-refractivity contribution in [3.63, 3.8) is 0 Å². The second-order valence-electron chi connectivity index (χ2n) is 6.53. The second-order valence-corrected chi connectivity index (χ2v) is 6.53. The molecule has 1 N–H and O–H groups in total. The molecule has 0 fully saturated rings. The maximum atomic E-state index is 5.78. The molecule has 0 aliphatic rings. The Labute approximate surface area is 123 Å². The Bertz CT molecular complexity index is 410. The van der Waals surface area contributed by atoms with E-state index in [2.05, 4.69) is 38.2 Å². The summed E-state index contributed by atoms with van der Waals surface area (Å²) in [4.78, 5) is 0. The van der Waals surface area contributed by atoms with Crippen LogP contribution in [0.2, 0.25) is 0 Å². The molecule has 3 heteroatoms. The molecule has 1 rings (SSSR count). The van der Waals surface area contributed by atoms with Gasteiger partial charge in [-0.1, -0.05) is 32.9 Å². The standard InChI is InChI=1S/C17H29NO2/c1-12(2)20-14-10-8-9-13(11-14)15(18-6)16(19-7)17(3,4)5/h8-12,15-16,18H,1-7H3. The molecule has 0 heterocycles. The molecular weight excluding hydrogens is 250 g/mol. The van der Waals surface area contributed by atoms with Crippen LogP contribution in [0.1, 0.15) is 46.2 Å². The van der Waals surface area contributed by atoms with E-state index in [1.807, 2.05) is 33.0 Å². The minimum absolute atomic E-state index is 0.0529. The summed E-state index contributed by atoms with van der Waals surface area (Å²) in [5.41, 5.74) is 1.24. The zero-order valence-electron chi connectivity index (χ0n) is 13.9. The molecule has 0 aromatic heterocycles. The molecule has 0 bridgehead atoms. The number of hydrogen-bond donors (Lipinski definition) is 1. The summed E-state index contributed by atoms with van der Waals surface area (Å²) >= 11 is 0. The summed E-state index contributed by atoms with van der Waals surface area (Å²) in [5, 5.41) is 3.38. The van der Waals surface area contributed by atoms with Gasteiger partial charge in [0, 0.05) is 7.11 Å². The lowest BCUT2D eigenvalue weighted by atomic mass is 9.82. The van der Waals surface area contributed by atoms with Crippen molar-refractivity contribution in [1.29, 1.82) is 0 Å². The molecule has 0 saturated carbocycles. The van der Waals surface area contributed by atoms with Crippen molar-refractivity contribution in [1.82, 2.24) is 5.32 Å². The van der Waals surface area contributed by atoms with Crippen molar-refractivity contribution in [3.8, 4) is 5.75 Å². The molecule has 0 aliphatic heterocycles. The number of nitrogens with one attached hydrogen (secondary N) is 1. The quantitative estimate of drug-likeness (QED) is 0.859. The van der Waals surface area contributed by atoms with E-state index in [0.29, 0.717) is 0 Å². The summed E-state index contributed by atoms with van der Waals surface area (Å²) in [6.45, 7) is 10.7. The first-order valence-corrected chi connectivity index (χ1v) is 7.26. The minimum atomic E-state index is 0.0529. The van der Waals surface area contributed by atoms with Gasteiger partial charge in [-0.25, -0.2) is 0 Å². The molecule has 1 aromatic carbocycles. The fourth-order valence-corrected chi connectivity index (χ4v) is 2.54. The highest BCUT2D eigenvalue weighted by Gasteiger charge is 2.32. The molecule has 0 amide bonds. The van der Waals surface area contributed by atoms with Gasteiger partial charge in [0.2, 0.25) is 0 Å². The van der Waals surface area contributed by atoms with Gasteiger partial charge in [-0.3, -0.25) is 0 Å². The number of benzene rings is 1. The smallest absolute Gasteiger partial charge is 0.120 e. The van der Waals surface area contributed by atoms with Gasteiger partial charge in [0.1, 0.15) is 5.75 Å². The van der Waals surface area contributed by atoms with Gasteiger partial charge < -0.3 is 14.8 Å². The number of rotatable bonds is 6. The SMILES string of the molecule is CNC(c1cccc(OC(C)C)c1)C(OC)C(C)(C)C. The predicted octanol–water partition coefficient (Wildman–Crippen LogP) is 3.80. The summed E-state index contributed by atoms with van der Waals surface area (Å²) in [6.07, 6.45) is 0.265. The van der Waals surface area contributed by atoms with Gasteiger partial charge in [-0.05, 0) is 44.0 Å². The Balaban J connectivity index is 3.05. The van der Waals surface area contributed by atoms with Crippen LogP contribution >= 0.6 is 0 Å². The molecule has 0 radical (unpaired) electrons. The lowest BCUT2D eigenvalue weighted by Gasteiger charge is -2.36. The summed E-state index contributed by atoms with van der Waals surface area (Å²) in [6, 6.07) is 8.38. The first-order chi connectivity index (χ1) is 9.29. The van der Waals surface area contributed by atoms with E-state index in [1.165, 1.54) is 5.56 Å². The van der Waals surface area contributed by atoms with Gasteiger partial charge in [0.05, 0.1) is 18.2 Å². The van der Waals surface area contributed by atoms with E-state index in [4.69, 9.17) is 9.47 Å². The molecule has 0 saturated heterocycles. The average Bonchev–Trinajstić information content (AvgIpc) is 2.33. The highest BCUT2D eigenvalue weighted by atomic mass is 16.5. The van der Waals surface area contributed by atoms with Crippen molar-refractivity contribution in [2.45, 2.75) is 52.9 Å². The highest BCUT2D eigenvalue weighted by Crippen LogP contribution is 2.33. The lowest BCUT2D eigenvalue weighted by molar-refractivity contribution is -0.0102. The normalized spacial score (nSPS) is 15.2. The third-order valence-corrected chi connectivity index (χ3v) is 3.31. The van der Waals surface area contributed by atoms with Gasteiger partial charge >= 0.3 is 0 Å². The van der Waals surface area contributed by atoms with Crippen molar-refractivity contribution >= 4 is 0 Å². The maximum Gasteiger partial charge on any atom is 0.120 e. The predicted molar refractivity (Wildman–Crippen MR) is 84.3 cm³/mol. The fourth-order valence-electron chi connectivity index (χ4n) is 2.54. The first-order valence-electron chi connectivity index (χ1n) is 7.26. The van der Waals surface area contributed by atoms with E-state index in [9.17, 15) is 0 Å². The van der Waals surface area contributed by atoms with Crippen LogP contribution in [0.15, 0.2) is 24.3 Å². The van der Waals surface area contributed by atoms with Crippen LogP contribution in [0, 0.1) is 5.41 Å². The Kier molecular flexibility index (Phi) is 6.03. The van der Waals surface area contributed by atoms with E-state index in [-0.39, 0.29) is 23.7 Å². The van der Waals surface area contributed by atoms with E-state index in [0.717, 1.165) is 5.75 Å². The van der Waals surface area contributed by atoms with E-state index in [1.54, 1.807) is 7.11 Å². The summed E-state index contributed by atoms with van der Waals surface area (Å²) in [5.74, 6) is 0.904. The summed E-state index contributed by atoms with van der Waals surface area (Å²) in [7, 11) is 3.74. The third-order valence-electron chi connectivity index (χ3n) is 3.31. The molecule has 0 aliphatic carbocycles. The Hall–Kier alpha value is -1.06. The zero-order chi connectivity index (χ0) is 15.3. The van der Waals surface area contributed by atoms with Crippen LogP contribution in [-0.4, -0.2) is 26.4 Å². The first kappa shape index (κ1) is 17.0. The summed E-state index contributed by atoms with van der Waals surface area (Å²) < 4.78 is 11.5. The van der Waals surface area contributed by atoms with Crippen LogP contribution in [0.4, 0.5) is 0 Å². The van der Waals surface area contributed by atoms with Gasteiger partial charge in [0.25, 0.3) is 0 Å². The molecule has 1 aromatic rings. The van der Waals surface area contributed by atoms with E-state index < -0.39 is 0 Å². The Morgan fingerprint density at radius 1 is 1.15 bits per heavy atom. The van der Waals surface area contributed by atoms with Crippen LogP contribution in [0.25, 0.3) is 0 Å². The molecule has 114 valence electrons. The average molecular weight is 279 g/mol. The maximum absolute atomic E-state index is 5.78. The third kappa shape index (κ3) is 4.50. The van der Waals surface area contributed by atoms with Crippen LogP contribution in [0.5, 0.6) is 5.75 Å². The topological polar surface area (TPSA) is 30.5 Å². The molecule has 2 unspecified atom stereocenters. The zero-order valence-corrected chi connectivity index (χ0v) is 13.9. The lowest BCUT2D eigenvalue weighted by Crippen LogP contribution is -2.40. The van der Waals surface area contributed by atoms with Crippen molar-refractivity contribution in [2.75, 3.05) is 14.2 Å². The second kappa shape index (κ2) is 7.09. The van der Waals surface area contributed by atoms with Crippen LogP contribution in [0.3, 0.4) is 0 Å². The molecular formula is C17H29NO2. The largest absolute Gasteiger partial charge is 0.491 e. The van der Waals surface area contributed by atoms with Gasteiger partial charge in [0.15, 0.2) is 0 Å². The number of ether oxygens (including phenoxy) is 2. The molecule has 0 spiro atoms. The minimum Gasteiger partial charge on any atom is -0.491 e. The molecule has 3 nitrogen and oxygen atoms in total. The van der Waals surface area contributed by atoms with E-state index >= 15 is 0 Å². The van der Waals surface area contributed by atoms with Crippen molar-refractivity contribution in [3.05, 3.63) is 29.8 Å². The van der Waals surface area contributed by atoms with Crippen LogP contribution in [-0.2, 0) is 4.74 Å². The van der Waals surface area contributed by atoms with Gasteiger partial charge in [-0.15, -0.1) is 0 Å². The Morgan fingerprint density at radius 2 is 1.80 bits per heavy atom. The number of hydrogen-bond acceptors (Lipinski definition) is 3.